The quantitative estimate of drug-likeness (QED) is 0.311. The number of hydrogen-bond donors (Lipinski definition) is 4. The average molecular weight is 551 g/mol. The van der Waals surface area contributed by atoms with E-state index in [1.54, 1.807) is 0 Å². The molecule has 4 N–H and O–H groups in total. The topological polar surface area (TPSA) is 99.4 Å². The number of ether oxygens (including phenoxy) is 2. The lowest BCUT2D eigenvalue weighted by molar-refractivity contribution is -0.303. The van der Waals surface area contributed by atoms with Gasteiger partial charge in [0.1, 0.15) is 24.4 Å². The average Bonchev–Trinajstić information content (AvgIpc) is 3.28. The summed E-state index contributed by atoms with van der Waals surface area (Å²) in [7, 11) is 0. The third-order valence-corrected chi connectivity index (χ3v) is 13.1. The maximum absolute atomic E-state index is 10.2. The number of hydrogen-bond acceptors (Lipinski definition) is 6. The maximum Gasteiger partial charge on any atom is 0.186 e. The van der Waals surface area contributed by atoms with Crippen LogP contribution >= 0.6 is 0 Å². The summed E-state index contributed by atoms with van der Waals surface area (Å²) < 4.78 is 11.3. The molecule has 1 saturated heterocycles. The first kappa shape index (κ1) is 30.2. The third-order valence-electron chi connectivity index (χ3n) is 13.1. The first-order chi connectivity index (χ1) is 18.6. The van der Waals surface area contributed by atoms with Gasteiger partial charge >= 0.3 is 0 Å². The zero-order valence-corrected chi connectivity index (χ0v) is 25.1. The zero-order chi connectivity index (χ0) is 27.9. The van der Waals surface area contributed by atoms with E-state index in [-0.39, 0.29) is 0 Å². The molecule has 5 rings (SSSR count). The summed E-state index contributed by atoms with van der Waals surface area (Å²) in [5, 5.41) is 39.6. The highest BCUT2D eigenvalue weighted by molar-refractivity contribution is 5.09. The summed E-state index contributed by atoms with van der Waals surface area (Å²) in [5.74, 6) is 5.79. The minimum atomic E-state index is -1.38. The van der Waals surface area contributed by atoms with Crippen molar-refractivity contribution < 1.29 is 29.9 Å². The molecule has 39 heavy (non-hydrogen) atoms. The predicted molar refractivity (Wildman–Crippen MR) is 152 cm³/mol. The van der Waals surface area contributed by atoms with Gasteiger partial charge in [-0.2, -0.15) is 0 Å². The van der Waals surface area contributed by atoms with Gasteiger partial charge < -0.3 is 29.9 Å². The van der Waals surface area contributed by atoms with Crippen molar-refractivity contribution in [2.24, 2.45) is 52.3 Å². The molecule has 6 nitrogen and oxygen atoms in total. The van der Waals surface area contributed by atoms with Crippen LogP contribution in [0.4, 0.5) is 0 Å². The van der Waals surface area contributed by atoms with E-state index in [4.69, 9.17) is 9.47 Å². The van der Waals surface area contributed by atoms with Gasteiger partial charge in [0.15, 0.2) is 6.29 Å². The van der Waals surface area contributed by atoms with Crippen molar-refractivity contribution >= 4 is 0 Å². The van der Waals surface area contributed by atoms with Gasteiger partial charge in [-0.1, -0.05) is 53.4 Å². The summed E-state index contributed by atoms with van der Waals surface area (Å²) in [5.41, 5.74) is 1.15. The first-order valence-corrected chi connectivity index (χ1v) is 16.5. The van der Waals surface area contributed by atoms with Gasteiger partial charge in [0, 0.05) is 0 Å². The summed E-state index contributed by atoms with van der Waals surface area (Å²) in [6, 6.07) is 0. The van der Waals surface area contributed by atoms with E-state index in [2.05, 4.69) is 27.7 Å². The summed E-state index contributed by atoms with van der Waals surface area (Å²) in [4.78, 5) is 0. The summed E-state index contributed by atoms with van der Waals surface area (Å²) in [6.07, 6.45) is 12.2. The van der Waals surface area contributed by atoms with Crippen LogP contribution < -0.4 is 0 Å². The van der Waals surface area contributed by atoms with Crippen molar-refractivity contribution in [2.45, 2.75) is 142 Å². The third kappa shape index (κ3) is 5.61. The molecule has 1 unspecified atom stereocenters. The first-order valence-electron chi connectivity index (χ1n) is 16.5. The molecule has 0 bridgehead atoms. The molecule has 1 heterocycles. The van der Waals surface area contributed by atoms with Crippen LogP contribution in [0.25, 0.3) is 0 Å². The second kappa shape index (κ2) is 12.2. The largest absolute Gasteiger partial charge is 0.394 e. The Kier molecular flexibility index (Phi) is 9.43. The SMILES string of the molecule is CC(CCC[C@@H](C)[C@H]1CC[C@H]2[C@@H]3CC[C@H]4CCCC[C@]4(C)[C@H]3CC[C@]12C)CO[C@@H]1O[C@H](CO)[C@@H](O)[C@H](O)[C@H]1O. The monoisotopic (exact) mass is 550 g/mol. The van der Waals surface area contributed by atoms with Gasteiger partial charge in [-0.3, -0.25) is 0 Å². The molecule has 4 aliphatic carbocycles. The molecule has 5 aliphatic rings. The smallest absolute Gasteiger partial charge is 0.186 e. The molecule has 0 aromatic heterocycles. The fraction of sp³-hybridized carbons (Fsp3) is 1.00. The van der Waals surface area contributed by atoms with Crippen molar-refractivity contribution in [3.8, 4) is 0 Å². The van der Waals surface area contributed by atoms with E-state index in [1.807, 2.05) is 0 Å². The molecule has 5 fully saturated rings. The number of aliphatic hydroxyl groups is 4. The molecule has 0 amide bonds. The highest BCUT2D eigenvalue weighted by Gasteiger charge is 2.60. The molecule has 14 atom stereocenters. The molecule has 226 valence electrons. The van der Waals surface area contributed by atoms with Crippen molar-refractivity contribution in [3.63, 3.8) is 0 Å². The zero-order valence-electron chi connectivity index (χ0n) is 25.1. The Balaban J connectivity index is 1.09. The number of aliphatic hydroxyl groups excluding tert-OH is 4. The lowest BCUT2D eigenvalue weighted by Crippen LogP contribution is -2.59. The van der Waals surface area contributed by atoms with Crippen LogP contribution in [0.1, 0.15) is 111 Å². The van der Waals surface area contributed by atoms with Crippen LogP contribution in [0.15, 0.2) is 0 Å². The molecule has 0 radical (unpaired) electrons. The van der Waals surface area contributed by atoms with Gasteiger partial charge in [-0.15, -0.1) is 0 Å². The minimum absolute atomic E-state index is 0.304. The van der Waals surface area contributed by atoms with Crippen LogP contribution in [-0.2, 0) is 9.47 Å². The Morgan fingerprint density at radius 3 is 2.36 bits per heavy atom. The van der Waals surface area contributed by atoms with E-state index >= 15 is 0 Å². The van der Waals surface area contributed by atoms with Gasteiger partial charge in [0.25, 0.3) is 0 Å². The maximum atomic E-state index is 10.2. The molecular weight excluding hydrogens is 492 g/mol. The molecule has 6 heteroatoms. The van der Waals surface area contributed by atoms with Crippen LogP contribution in [0, 0.1) is 52.3 Å². The van der Waals surface area contributed by atoms with Gasteiger partial charge in [0.2, 0.25) is 0 Å². The number of fused-ring (bicyclic) bond motifs is 5. The van der Waals surface area contributed by atoms with E-state index in [1.165, 1.54) is 77.0 Å². The van der Waals surface area contributed by atoms with Crippen LogP contribution in [0.5, 0.6) is 0 Å². The highest BCUT2D eigenvalue weighted by atomic mass is 16.7. The van der Waals surface area contributed by atoms with E-state index in [0.29, 0.717) is 23.4 Å². The summed E-state index contributed by atoms with van der Waals surface area (Å²) in [6.45, 7) is 10.0. The fourth-order valence-electron chi connectivity index (χ4n) is 10.8. The van der Waals surface area contributed by atoms with E-state index in [0.717, 1.165) is 41.9 Å². The van der Waals surface area contributed by atoms with Crippen LogP contribution in [0.3, 0.4) is 0 Å². The molecule has 0 aromatic carbocycles. The van der Waals surface area contributed by atoms with Crippen LogP contribution in [0.2, 0.25) is 0 Å². The lowest BCUT2D eigenvalue weighted by atomic mass is 9.44. The molecule has 0 spiro atoms. The normalized spacial score (nSPS) is 49.5. The second-order valence-corrected chi connectivity index (χ2v) is 15.2. The van der Waals surface area contributed by atoms with Gasteiger partial charge in [0.05, 0.1) is 13.2 Å². The molecule has 0 aromatic rings. The van der Waals surface area contributed by atoms with Crippen molar-refractivity contribution in [2.75, 3.05) is 13.2 Å². The number of rotatable bonds is 9. The molecular formula is C33H58O6. The fourth-order valence-corrected chi connectivity index (χ4v) is 10.8. The van der Waals surface area contributed by atoms with Crippen molar-refractivity contribution in [3.05, 3.63) is 0 Å². The van der Waals surface area contributed by atoms with Crippen molar-refractivity contribution in [1.29, 1.82) is 0 Å². The van der Waals surface area contributed by atoms with E-state index < -0.39 is 37.3 Å². The highest BCUT2D eigenvalue weighted by Crippen LogP contribution is 2.68. The predicted octanol–water partition coefficient (Wildman–Crippen LogP) is 5.29. The second-order valence-electron chi connectivity index (χ2n) is 15.2. The lowest BCUT2D eigenvalue weighted by Gasteiger charge is -2.61. The Morgan fingerprint density at radius 2 is 1.59 bits per heavy atom. The van der Waals surface area contributed by atoms with Crippen LogP contribution in [-0.4, -0.2) is 64.3 Å². The molecule has 4 saturated carbocycles. The van der Waals surface area contributed by atoms with E-state index in [9.17, 15) is 20.4 Å². The van der Waals surface area contributed by atoms with Gasteiger partial charge in [-0.25, -0.2) is 0 Å². The standard InChI is InChI=1S/C33H58O6/c1-20(19-38-31-30(37)29(36)28(35)27(18-34)39-31)8-7-9-21(2)24-13-14-25-23-12-11-22-10-5-6-16-32(22,3)26(23)15-17-33(24,25)4/h20-31,34-37H,5-19H2,1-4H3/t20?,21-,22-,23+,24-,25+,26+,27-,28-,29+,30-,31-,32+,33-/m1/s1. The Hall–Kier alpha value is -0.240. The van der Waals surface area contributed by atoms with Crippen molar-refractivity contribution in [1.82, 2.24) is 0 Å². The molecule has 1 aliphatic heterocycles. The summed E-state index contributed by atoms with van der Waals surface area (Å²) >= 11 is 0. The van der Waals surface area contributed by atoms with Gasteiger partial charge in [-0.05, 0) is 110 Å². The Bertz CT molecular complexity index is 805. The Labute approximate surface area is 237 Å². The Morgan fingerprint density at radius 1 is 0.821 bits per heavy atom. The minimum Gasteiger partial charge on any atom is -0.394 e.